The first-order chi connectivity index (χ1) is 6.53. The van der Waals surface area contributed by atoms with Gasteiger partial charge in [0.05, 0.1) is 0 Å². The quantitative estimate of drug-likeness (QED) is 0.759. The molecule has 0 aliphatic heterocycles. The number of hydrogen-bond acceptors (Lipinski definition) is 3. The van der Waals surface area contributed by atoms with Crippen LogP contribution in [0.1, 0.15) is 19.4 Å². The second-order valence-corrected chi connectivity index (χ2v) is 5.72. The van der Waals surface area contributed by atoms with Crippen LogP contribution in [0.25, 0.3) is 0 Å². The van der Waals surface area contributed by atoms with Crippen molar-refractivity contribution < 1.29 is 0 Å². The predicted molar refractivity (Wildman–Crippen MR) is 68.3 cm³/mol. The Morgan fingerprint density at radius 2 is 2.21 bits per heavy atom. The van der Waals surface area contributed by atoms with E-state index in [-0.39, 0.29) is 0 Å². The maximum Gasteiger partial charge on any atom is 0.0239 e. The number of nitrogens with zero attached hydrogens (tertiary/aromatic N) is 1. The molecule has 0 fully saturated rings. The van der Waals surface area contributed by atoms with Gasteiger partial charge in [0, 0.05) is 13.1 Å². The standard InChI is InChI=1S/C11H19NS2/c1-11(2,9-13)8-12(3)6-10-4-5-14-7-10/h4-5,7,13H,6,8-9H2,1-3H3. The molecule has 0 N–H and O–H groups in total. The highest BCUT2D eigenvalue weighted by atomic mass is 32.1. The summed E-state index contributed by atoms with van der Waals surface area (Å²) in [6, 6.07) is 2.19. The molecule has 0 amide bonds. The van der Waals surface area contributed by atoms with Gasteiger partial charge in [0.2, 0.25) is 0 Å². The van der Waals surface area contributed by atoms with Gasteiger partial charge >= 0.3 is 0 Å². The molecule has 1 nitrogen and oxygen atoms in total. The third-order valence-electron chi connectivity index (χ3n) is 2.16. The largest absolute Gasteiger partial charge is 0.302 e. The lowest BCUT2D eigenvalue weighted by Crippen LogP contribution is -2.32. The molecule has 1 aromatic rings. The first-order valence-electron chi connectivity index (χ1n) is 4.84. The Balaban J connectivity index is 2.40. The van der Waals surface area contributed by atoms with E-state index in [1.807, 2.05) is 0 Å². The van der Waals surface area contributed by atoms with E-state index in [0.29, 0.717) is 5.41 Å². The SMILES string of the molecule is CN(Cc1ccsc1)CC(C)(C)CS. The summed E-state index contributed by atoms with van der Waals surface area (Å²) < 4.78 is 0. The fraction of sp³-hybridized carbons (Fsp3) is 0.636. The Hall–Kier alpha value is 0.01000. The zero-order chi connectivity index (χ0) is 10.6. The van der Waals surface area contributed by atoms with Crippen molar-refractivity contribution in [3.05, 3.63) is 22.4 Å². The van der Waals surface area contributed by atoms with Gasteiger partial charge in [-0.25, -0.2) is 0 Å². The highest BCUT2D eigenvalue weighted by Crippen LogP contribution is 2.19. The molecule has 0 unspecified atom stereocenters. The van der Waals surface area contributed by atoms with E-state index < -0.39 is 0 Å². The van der Waals surface area contributed by atoms with E-state index in [2.05, 4.69) is 55.3 Å². The van der Waals surface area contributed by atoms with E-state index in [0.717, 1.165) is 18.8 Å². The smallest absolute Gasteiger partial charge is 0.0239 e. The predicted octanol–water partition coefficient (Wildman–Crippen LogP) is 3.14. The molecular weight excluding hydrogens is 210 g/mol. The van der Waals surface area contributed by atoms with Crippen molar-refractivity contribution in [3.8, 4) is 0 Å². The van der Waals surface area contributed by atoms with E-state index in [9.17, 15) is 0 Å². The van der Waals surface area contributed by atoms with E-state index in [4.69, 9.17) is 0 Å². The van der Waals surface area contributed by atoms with Crippen LogP contribution in [0.15, 0.2) is 16.8 Å². The lowest BCUT2D eigenvalue weighted by Gasteiger charge is -2.28. The molecule has 0 saturated heterocycles. The minimum absolute atomic E-state index is 0.299. The summed E-state index contributed by atoms with van der Waals surface area (Å²) >= 11 is 6.13. The number of thiol groups is 1. The third kappa shape index (κ3) is 4.03. The summed E-state index contributed by atoms with van der Waals surface area (Å²) in [5.74, 6) is 0.932. The molecule has 0 atom stereocenters. The fourth-order valence-electron chi connectivity index (χ4n) is 1.53. The van der Waals surface area contributed by atoms with E-state index >= 15 is 0 Å². The molecule has 0 saturated carbocycles. The van der Waals surface area contributed by atoms with Gasteiger partial charge in [0.25, 0.3) is 0 Å². The van der Waals surface area contributed by atoms with Crippen LogP contribution < -0.4 is 0 Å². The summed E-state index contributed by atoms with van der Waals surface area (Å²) in [4.78, 5) is 2.36. The van der Waals surface area contributed by atoms with Crippen LogP contribution in [-0.2, 0) is 6.54 Å². The Morgan fingerprint density at radius 3 is 2.71 bits per heavy atom. The maximum absolute atomic E-state index is 4.37. The van der Waals surface area contributed by atoms with Crippen molar-refractivity contribution in [2.75, 3.05) is 19.3 Å². The van der Waals surface area contributed by atoms with Crippen LogP contribution in [0, 0.1) is 5.41 Å². The molecule has 3 heteroatoms. The molecule has 14 heavy (non-hydrogen) atoms. The highest BCUT2D eigenvalue weighted by Gasteiger charge is 2.17. The maximum atomic E-state index is 4.37. The highest BCUT2D eigenvalue weighted by molar-refractivity contribution is 7.80. The van der Waals surface area contributed by atoms with Crippen molar-refractivity contribution in [2.24, 2.45) is 5.41 Å². The van der Waals surface area contributed by atoms with Gasteiger partial charge in [0.15, 0.2) is 0 Å². The van der Waals surface area contributed by atoms with Crippen molar-refractivity contribution in [1.29, 1.82) is 0 Å². The summed E-state index contributed by atoms with van der Waals surface area (Å²) in [6.07, 6.45) is 0. The normalized spacial score (nSPS) is 12.4. The first kappa shape index (κ1) is 12.1. The van der Waals surface area contributed by atoms with Gasteiger partial charge in [-0.2, -0.15) is 24.0 Å². The molecule has 1 aromatic heterocycles. The van der Waals surface area contributed by atoms with Crippen molar-refractivity contribution in [1.82, 2.24) is 4.90 Å². The molecule has 1 rings (SSSR count). The summed E-state index contributed by atoms with van der Waals surface area (Å²) in [5, 5.41) is 4.34. The summed E-state index contributed by atoms with van der Waals surface area (Å²) in [7, 11) is 2.17. The second kappa shape index (κ2) is 5.19. The Labute approximate surface area is 96.5 Å². The molecule has 0 aliphatic carbocycles. The molecule has 0 radical (unpaired) electrons. The van der Waals surface area contributed by atoms with Gasteiger partial charge < -0.3 is 4.90 Å². The Bertz CT molecular complexity index is 254. The van der Waals surface area contributed by atoms with Crippen molar-refractivity contribution in [2.45, 2.75) is 20.4 Å². The van der Waals surface area contributed by atoms with Gasteiger partial charge in [-0.15, -0.1) is 0 Å². The molecule has 0 spiro atoms. The Morgan fingerprint density at radius 1 is 1.50 bits per heavy atom. The van der Waals surface area contributed by atoms with Crippen LogP contribution in [0.4, 0.5) is 0 Å². The topological polar surface area (TPSA) is 3.24 Å². The molecule has 80 valence electrons. The minimum atomic E-state index is 0.299. The van der Waals surface area contributed by atoms with Crippen LogP contribution in [0.2, 0.25) is 0 Å². The average molecular weight is 229 g/mol. The Kier molecular flexibility index (Phi) is 4.48. The van der Waals surface area contributed by atoms with Crippen LogP contribution in [-0.4, -0.2) is 24.2 Å². The van der Waals surface area contributed by atoms with Gasteiger partial charge in [-0.05, 0) is 40.6 Å². The molecular formula is C11H19NS2. The number of thiophene rings is 1. The lowest BCUT2D eigenvalue weighted by molar-refractivity contribution is 0.225. The number of hydrogen-bond donors (Lipinski definition) is 1. The van der Waals surface area contributed by atoms with Crippen molar-refractivity contribution in [3.63, 3.8) is 0 Å². The summed E-state index contributed by atoms with van der Waals surface area (Å²) in [5.41, 5.74) is 1.71. The second-order valence-electron chi connectivity index (χ2n) is 4.63. The van der Waals surface area contributed by atoms with Crippen molar-refractivity contribution >= 4 is 24.0 Å². The average Bonchev–Trinajstić information content (AvgIpc) is 2.55. The van der Waals surface area contributed by atoms with Gasteiger partial charge in [0.1, 0.15) is 0 Å². The molecule has 0 aliphatic rings. The molecule has 0 aromatic carbocycles. The monoisotopic (exact) mass is 229 g/mol. The van der Waals surface area contributed by atoms with Crippen LogP contribution in [0.5, 0.6) is 0 Å². The molecule has 1 heterocycles. The minimum Gasteiger partial charge on any atom is -0.302 e. The van der Waals surface area contributed by atoms with E-state index in [1.165, 1.54) is 5.56 Å². The van der Waals surface area contributed by atoms with E-state index in [1.54, 1.807) is 11.3 Å². The third-order valence-corrected chi connectivity index (χ3v) is 3.75. The summed E-state index contributed by atoms with van der Waals surface area (Å²) in [6.45, 7) is 6.64. The van der Waals surface area contributed by atoms with Gasteiger partial charge in [-0.1, -0.05) is 13.8 Å². The fourth-order valence-corrected chi connectivity index (χ4v) is 2.29. The zero-order valence-corrected chi connectivity index (χ0v) is 10.9. The molecule has 0 bridgehead atoms. The first-order valence-corrected chi connectivity index (χ1v) is 6.41. The van der Waals surface area contributed by atoms with Crippen LogP contribution >= 0.6 is 24.0 Å². The van der Waals surface area contributed by atoms with Crippen LogP contribution in [0.3, 0.4) is 0 Å². The number of rotatable bonds is 5. The van der Waals surface area contributed by atoms with Gasteiger partial charge in [-0.3, -0.25) is 0 Å². The zero-order valence-electron chi connectivity index (χ0n) is 9.16. The lowest BCUT2D eigenvalue weighted by atomic mass is 9.96.